The fourth-order valence-corrected chi connectivity index (χ4v) is 3.45. The van der Waals surface area contributed by atoms with Crippen molar-refractivity contribution in [3.8, 4) is 23.0 Å². The van der Waals surface area contributed by atoms with E-state index in [4.69, 9.17) is 9.47 Å². The van der Waals surface area contributed by atoms with Crippen molar-refractivity contribution >= 4 is 44.0 Å². The summed E-state index contributed by atoms with van der Waals surface area (Å²) in [5, 5.41) is 23.9. The first-order chi connectivity index (χ1) is 12.4. The maximum absolute atomic E-state index is 12.2. The molecule has 0 saturated carbocycles. The summed E-state index contributed by atoms with van der Waals surface area (Å²) in [5.74, 6) is 0.369. The summed E-state index contributed by atoms with van der Waals surface area (Å²) in [5.41, 5.74) is 3.67. The van der Waals surface area contributed by atoms with Crippen LogP contribution in [0.4, 0.5) is 0 Å². The first-order valence-corrected chi connectivity index (χ1v) is 9.11. The number of ether oxygens (including phenoxy) is 2. The van der Waals surface area contributed by atoms with Crippen LogP contribution in [-0.4, -0.2) is 35.5 Å². The molecule has 2 aromatic carbocycles. The molecule has 7 nitrogen and oxygen atoms in total. The number of hydrazone groups is 1. The Balaban J connectivity index is 1.78. The van der Waals surface area contributed by atoms with E-state index in [1.165, 1.54) is 6.21 Å². The largest absolute Gasteiger partial charge is 0.506 e. The predicted octanol–water partition coefficient (Wildman–Crippen LogP) is 3.47. The molecule has 1 aliphatic heterocycles. The van der Waals surface area contributed by atoms with Crippen molar-refractivity contribution in [2.45, 2.75) is 6.92 Å². The second kappa shape index (κ2) is 7.55. The van der Waals surface area contributed by atoms with E-state index in [0.29, 0.717) is 45.9 Å². The third kappa shape index (κ3) is 3.49. The Kier molecular flexibility index (Phi) is 5.38. The van der Waals surface area contributed by atoms with Crippen LogP contribution in [0, 0.1) is 6.92 Å². The summed E-state index contributed by atoms with van der Waals surface area (Å²) in [6.07, 6.45) is 1.30. The molecule has 0 unspecified atom stereocenters. The maximum Gasteiger partial charge on any atom is 0.271 e. The maximum atomic E-state index is 12.2. The molecule has 0 aromatic heterocycles. The Hall–Kier alpha value is -2.26. The standard InChI is InChI=1S/C17H14Br2N2O5/c1-8-10(15(22)14(19)16(23)13(8)18)7-20-21-17(24)9-2-3-11-12(6-9)26-5-4-25-11/h2-3,6-7,22-23H,4-5H2,1H3,(H,21,24). The number of phenols is 2. The molecular weight excluding hydrogens is 472 g/mol. The predicted molar refractivity (Wildman–Crippen MR) is 102 cm³/mol. The van der Waals surface area contributed by atoms with Crippen LogP contribution in [0.15, 0.2) is 32.2 Å². The molecular formula is C17H14Br2N2O5. The fourth-order valence-electron chi connectivity index (χ4n) is 2.36. The Morgan fingerprint density at radius 1 is 1.15 bits per heavy atom. The molecule has 9 heteroatoms. The van der Waals surface area contributed by atoms with Crippen molar-refractivity contribution in [1.82, 2.24) is 5.43 Å². The summed E-state index contributed by atoms with van der Waals surface area (Å²) in [7, 11) is 0. The second-order valence-corrected chi connectivity index (χ2v) is 7.01. The number of phenolic OH excluding ortho intramolecular Hbond substituents is 2. The lowest BCUT2D eigenvalue weighted by atomic mass is 10.1. The monoisotopic (exact) mass is 484 g/mol. The van der Waals surface area contributed by atoms with Gasteiger partial charge in [-0.2, -0.15) is 5.10 Å². The summed E-state index contributed by atoms with van der Waals surface area (Å²) < 4.78 is 11.4. The minimum atomic E-state index is -0.438. The number of hydrogen-bond acceptors (Lipinski definition) is 6. The average molecular weight is 486 g/mol. The van der Waals surface area contributed by atoms with Gasteiger partial charge in [0.2, 0.25) is 0 Å². The normalized spacial score (nSPS) is 13.0. The highest BCUT2D eigenvalue weighted by Gasteiger charge is 2.18. The number of aromatic hydroxyl groups is 2. The van der Waals surface area contributed by atoms with Gasteiger partial charge in [0.25, 0.3) is 5.91 Å². The molecule has 2 aromatic rings. The third-order valence-corrected chi connectivity index (χ3v) is 5.50. The Labute approximate surface area is 165 Å². The summed E-state index contributed by atoms with van der Waals surface area (Å²) in [6, 6.07) is 4.85. The van der Waals surface area contributed by atoms with Crippen LogP contribution in [0.1, 0.15) is 21.5 Å². The fraction of sp³-hybridized carbons (Fsp3) is 0.176. The number of benzene rings is 2. The van der Waals surface area contributed by atoms with E-state index >= 15 is 0 Å². The summed E-state index contributed by atoms with van der Waals surface area (Å²) >= 11 is 6.34. The lowest BCUT2D eigenvalue weighted by molar-refractivity contribution is 0.0954. The zero-order chi connectivity index (χ0) is 18.8. The van der Waals surface area contributed by atoms with Crippen LogP contribution in [0.5, 0.6) is 23.0 Å². The highest BCUT2D eigenvalue weighted by atomic mass is 79.9. The van der Waals surface area contributed by atoms with Gasteiger partial charge >= 0.3 is 0 Å². The zero-order valence-corrected chi connectivity index (χ0v) is 16.7. The van der Waals surface area contributed by atoms with E-state index in [0.717, 1.165) is 0 Å². The Bertz CT molecular complexity index is 886. The molecule has 0 radical (unpaired) electrons. The summed E-state index contributed by atoms with van der Waals surface area (Å²) in [6.45, 7) is 2.60. The van der Waals surface area contributed by atoms with Crippen molar-refractivity contribution < 1.29 is 24.5 Å². The highest BCUT2D eigenvalue weighted by molar-refractivity contribution is 9.11. The van der Waals surface area contributed by atoms with Gasteiger partial charge in [0, 0.05) is 11.1 Å². The molecule has 0 atom stereocenters. The molecule has 0 fully saturated rings. The van der Waals surface area contributed by atoms with Crippen LogP contribution in [-0.2, 0) is 0 Å². The summed E-state index contributed by atoms with van der Waals surface area (Å²) in [4.78, 5) is 12.2. The molecule has 3 N–H and O–H groups in total. The van der Waals surface area contributed by atoms with Gasteiger partial charge in [0.1, 0.15) is 29.2 Å². The van der Waals surface area contributed by atoms with Crippen LogP contribution in [0.3, 0.4) is 0 Å². The number of amides is 1. The minimum Gasteiger partial charge on any atom is -0.506 e. The number of carbonyl (C=O) groups excluding carboxylic acids is 1. The first-order valence-electron chi connectivity index (χ1n) is 7.52. The number of rotatable bonds is 3. The van der Waals surface area contributed by atoms with Crippen molar-refractivity contribution in [3.63, 3.8) is 0 Å². The molecule has 0 aliphatic carbocycles. The van der Waals surface area contributed by atoms with Crippen LogP contribution in [0.2, 0.25) is 0 Å². The van der Waals surface area contributed by atoms with Crippen molar-refractivity contribution in [2.24, 2.45) is 5.10 Å². The van der Waals surface area contributed by atoms with Crippen molar-refractivity contribution in [2.75, 3.05) is 13.2 Å². The molecule has 0 spiro atoms. The molecule has 26 heavy (non-hydrogen) atoms. The molecule has 1 amide bonds. The number of hydrogen-bond donors (Lipinski definition) is 3. The molecule has 1 heterocycles. The van der Waals surface area contributed by atoms with Gasteiger partial charge in [-0.25, -0.2) is 5.43 Å². The molecule has 0 saturated heterocycles. The molecule has 3 rings (SSSR count). The Morgan fingerprint density at radius 3 is 2.58 bits per heavy atom. The number of carbonyl (C=O) groups is 1. The van der Waals surface area contributed by atoms with E-state index in [1.54, 1.807) is 25.1 Å². The topological polar surface area (TPSA) is 100 Å². The second-order valence-electron chi connectivity index (χ2n) is 5.42. The van der Waals surface area contributed by atoms with Crippen LogP contribution >= 0.6 is 31.9 Å². The number of fused-ring (bicyclic) bond motifs is 1. The van der Waals surface area contributed by atoms with Crippen LogP contribution in [0.25, 0.3) is 0 Å². The van der Waals surface area contributed by atoms with E-state index < -0.39 is 5.91 Å². The molecule has 1 aliphatic rings. The van der Waals surface area contributed by atoms with Gasteiger partial charge in [-0.1, -0.05) is 0 Å². The van der Waals surface area contributed by atoms with E-state index in [1.807, 2.05) is 0 Å². The van der Waals surface area contributed by atoms with Gasteiger partial charge < -0.3 is 19.7 Å². The first kappa shape index (κ1) is 18.5. The Morgan fingerprint density at radius 2 is 1.85 bits per heavy atom. The third-order valence-electron chi connectivity index (χ3n) is 3.78. The van der Waals surface area contributed by atoms with Gasteiger partial charge in [-0.05, 0) is 62.5 Å². The average Bonchev–Trinajstić information content (AvgIpc) is 2.67. The number of halogens is 2. The SMILES string of the molecule is Cc1c(Br)c(O)c(Br)c(O)c1C=NNC(=O)c1ccc2c(c1)OCCO2. The smallest absolute Gasteiger partial charge is 0.271 e. The van der Waals surface area contributed by atoms with E-state index in [-0.39, 0.29) is 16.0 Å². The minimum absolute atomic E-state index is 0.113. The lowest BCUT2D eigenvalue weighted by Crippen LogP contribution is -2.19. The number of nitrogens with one attached hydrogen (secondary N) is 1. The highest BCUT2D eigenvalue weighted by Crippen LogP contribution is 2.43. The van der Waals surface area contributed by atoms with Crippen LogP contribution < -0.4 is 14.9 Å². The van der Waals surface area contributed by atoms with E-state index in [9.17, 15) is 15.0 Å². The van der Waals surface area contributed by atoms with E-state index in [2.05, 4.69) is 42.4 Å². The zero-order valence-electron chi connectivity index (χ0n) is 13.5. The molecule has 0 bridgehead atoms. The van der Waals surface area contributed by atoms with Crippen molar-refractivity contribution in [3.05, 3.63) is 43.8 Å². The number of nitrogens with zero attached hydrogens (tertiary/aromatic N) is 1. The van der Waals surface area contributed by atoms with Gasteiger partial charge in [0.05, 0.1) is 10.7 Å². The van der Waals surface area contributed by atoms with Gasteiger partial charge in [-0.3, -0.25) is 4.79 Å². The van der Waals surface area contributed by atoms with Crippen molar-refractivity contribution in [1.29, 1.82) is 0 Å². The van der Waals surface area contributed by atoms with Gasteiger partial charge in [-0.15, -0.1) is 0 Å². The quantitative estimate of drug-likeness (QED) is 0.456. The van der Waals surface area contributed by atoms with Gasteiger partial charge in [0.15, 0.2) is 11.5 Å². The lowest BCUT2D eigenvalue weighted by Gasteiger charge is -2.18. The molecule has 136 valence electrons.